The first-order valence-corrected chi connectivity index (χ1v) is 8.61. The summed E-state index contributed by atoms with van der Waals surface area (Å²) in [6, 6.07) is 5.87. The summed E-state index contributed by atoms with van der Waals surface area (Å²) in [5.74, 6) is 1.52. The predicted octanol–water partition coefficient (Wildman–Crippen LogP) is 3.86. The van der Waals surface area contributed by atoms with Crippen molar-refractivity contribution >= 4 is 37.9 Å². The molecule has 21 heavy (non-hydrogen) atoms. The van der Waals surface area contributed by atoms with Crippen molar-refractivity contribution in [2.45, 2.75) is 31.6 Å². The van der Waals surface area contributed by atoms with Gasteiger partial charge in [0, 0.05) is 21.6 Å². The molecule has 0 saturated heterocycles. The highest BCUT2D eigenvalue weighted by molar-refractivity contribution is 9.10. The van der Waals surface area contributed by atoms with Crippen LogP contribution in [0.5, 0.6) is 0 Å². The number of nitrogens with two attached hydrogens (primary N) is 1. The highest BCUT2D eigenvalue weighted by Gasteiger charge is 2.24. The quantitative estimate of drug-likeness (QED) is 0.701. The molecule has 1 aliphatic rings. The van der Waals surface area contributed by atoms with Crippen LogP contribution in [-0.2, 0) is 0 Å². The molecule has 1 saturated carbocycles. The zero-order valence-electron chi connectivity index (χ0n) is 11.3. The molecule has 2 heterocycles. The molecule has 1 fully saturated rings. The number of nitrogens with zero attached hydrogens (tertiary/aromatic N) is 4. The number of nitrogen functional groups attached to an aromatic ring is 1. The number of fused-ring (bicyclic) bond motifs is 1. The molecule has 108 valence electrons. The van der Waals surface area contributed by atoms with E-state index >= 15 is 0 Å². The zero-order chi connectivity index (χ0) is 14.4. The number of anilines is 1. The smallest absolute Gasteiger partial charge is 0.234 e. The van der Waals surface area contributed by atoms with E-state index in [2.05, 4.69) is 26.1 Å². The molecule has 7 heteroatoms. The molecule has 0 radical (unpaired) electrons. The number of benzene rings is 1. The number of rotatable bonds is 2. The van der Waals surface area contributed by atoms with E-state index < -0.39 is 0 Å². The molecular weight excluding hydrogens is 350 g/mol. The van der Waals surface area contributed by atoms with Gasteiger partial charge >= 0.3 is 0 Å². The fraction of sp³-hybridized carbons (Fsp3) is 0.357. The van der Waals surface area contributed by atoms with Crippen LogP contribution in [-0.4, -0.2) is 19.8 Å². The van der Waals surface area contributed by atoms with E-state index in [-0.39, 0.29) is 0 Å². The Bertz CT molecular complexity index is 803. The highest BCUT2D eigenvalue weighted by Crippen LogP contribution is 2.35. The number of aromatic nitrogens is 4. The Kier molecular flexibility index (Phi) is 3.19. The van der Waals surface area contributed by atoms with E-state index in [1.165, 1.54) is 25.7 Å². The minimum Gasteiger partial charge on any atom is -0.398 e. The average Bonchev–Trinajstić information content (AvgIpc) is 3.16. The minimum atomic E-state index is 0.508. The second-order valence-electron chi connectivity index (χ2n) is 5.38. The molecule has 0 amide bonds. The van der Waals surface area contributed by atoms with E-state index in [0.29, 0.717) is 5.92 Å². The molecule has 0 spiro atoms. The third kappa shape index (κ3) is 2.24. The Morgan fingerprint density at radius 1 is 1.24 bits per heavy atom. The van der Waals surface area contributed by atoms with E-state index in [1.54, 1.807) is 11.3 Å². The Hall–Kier alpha value is -1.47. The number of hydrogen-bond acceptors (Lipinski definition) is 5. The first-order chi connectivity index (χ1) is 10.2. The maximum absolute atomic E-state index is 5.84. The Balaban J connectivity index is 1.78. The standard InChI is InChI=1S/C14H14BrN5S/c15-10-7-9(5-6-11(10)16)13-19-20-12(8-3-1-2-4-8)17-18-14(20)21-13/h5-8H,1-4,16H2. The van der Waals surface area contributed by atoms with Gasteiger partial charge < -0.3 is 5.73 Å². The molecule has 1 aromatic carbocycles. The first kappa shape index (κ1) is 13.2. The van der Waals surface area contributed by atoms with Crippen molar-refractivity contribution in [1.82, 2.24) is 19.8 Å². The van der Waals surface area contributed by atoms with Gasteiger partial charge in [0.05, 0.1) is 0 Å². The molecular formula is C14H14BrN5S. The lowest BCUT2D eigenvalue weighted by atomic mass is 10.1. The second kappa shape index (κ2) is 5.06. The van der Waals surface area contributed by atoms with Gasteiger partial charge in [-0.05, 0) is 47.0 Å². The summed E-state index contributed by atoms with van der Waals surface area (Å²) in [6.45, 7) is 0. The zero-order valence-corrected chi connectivity index (χ0v) is 13.7. The van der Waals surface area contributed by atoms with Gasteiger partial charge in [0.1, 0.15) is 5.01 Å². The monoisotopic (exact) mass is 363 g/mol. The van der Waals surface area contributed by atoms with E-state index in [0.717, 1.165) is 31.5 Å². The lowest BCUT2D eigenvalue weighted by Crippen LogP contribution is -2.01. The SMILES string of the molecule is Nc1ccc(-c2nn3c(C4CCCC4)nnc3s2)cc1Br. The summed E-state index contributed by atoms with van der Waals surface area (Å²) < 4.78 is 2.81. The lowest BCUT2D eigenvalue weighted by Gasteiger charge is -2.03. The van der Waals surface area contributed by atoms with Gasteiger partial charge in [0.2, 0.25) is 4.96 Å². The fourth-order valence-electron chi connectivity index (χ4n) is 2.85. The molecule has 5 nitrogen and oxygen atoms in total. The molecule has 4 rings (SSSR count). The summed E-state index contributed by atoms with van der Waals surface area (Å²) in [6.07, 6.45) is 4.95. The van der Waals surface area contributed by atoms with Crippen molar-refractivity contribution in [3.63, 3.8) is 0 Å². The largest absolute Gasteiger partial charge is 0.398 e. The molecule has 2 N–H and O–H groups in total. The van der Waals surface area contributed by atoms with Crippen LogP contribution in [0.1, 0.15) is 37.4 Å². The van der Waals surface area contributed by atoms with Gasteiger partial charge in [-0.15, -0.1) is 10.2 Å². The van der Waals surface area contributed by atoms with E-state index in [9.17, 15) is 0 Å². The molecule has 1 aliphatic carbocycles. The summed E-state index contributed by atoms with van der Waals surface area (Å²) in [4.78, 5) is 0.861. The minimum absolute atomic E-state index is 0.508. The van der Waals surface area contributed by atoms with Crippen LogP contribution in [0.15, 0.2) is 22.7 Å². The van der Waals surface area contributed by atoms with Gasteiger partial charge in [-0.25, -0.2) is 0 Å². The van der Waals surface area contributed by atoms with E-state index in [4.69, 9.17) is 10.8 Å². The third-order valence-electron chi connectivity index (χ3n) is 3.98. The van der Waals surface area contributed by atoms with Crippen LogP contribution in [0.4, 0.5) is 5.69 Å². The van der Waals surface area contributed by atoms with Gasteiger partial charge in [-0.1, -0.05) is 24.2 Å². The lowest BCUT2D eigenvalue weighted by molar-refractivity contribution is 0.641. The predicted molar refractivity (Wildman–Crippen MR) is 87.4 cm³/mol. The van der Waals surface area contributed by atoms with Crippen molar-refractivity contribution < 1.29 is 0 Å². The topological polar surface area (TPSA) is 69.1 Å². The van der Waals surface area contributed by atoms with Crippen molar-refractivity contribution in [2.75, 3.05) is 5.73 Å². The molecule has 3 aromatic rings. The number of hydrogen-bond donors (Lipinski definition) is 1. The Labute approximate surface area is 134 Å². The van der Waals surface area contributed by atoms with Gasteiger partial charge in [0.25, 0.3) is 0 Å². The summed E-state index contributed by atoms with van der Waals surface area (Å²) in [5.41, 5.74) is 7.61. The van der Waals surface area contributed by atoms with Crippen LogP contribution in [0.2, 0.25) is 0 Å². The molecule has 0 unspecified atom stereocenters. The van der Waals surface area contributed by atoms with Crippen LogP contribution < -0.4 is 5.73 Å². The van der Waals surface area contributed by atoms with Crippen molar-refractivity contribution in [2.24, 2.45) is 0 Å². The maximum atomic E-state index is 5.84. The number of halogens is 1. The fourth-order valence-corrected chi connectivity index (χ4v) is 4.07. The first-order valence-electron chi connectivity index (χ1n) is 7.00. The summed E-state index contributed by atoms with van der Waals surface area (Å²) in [5, 5.41) is 14.3. The van der Waals surface area contributed by atoms with Crippen molar-refractivity contribution in [3.8, 4) is 10.6 Å². The normalized spacial score (nSPS) is 16.0. The van der Waals surface area contributed by atoms with Gasteiger partial charge in [-0.2, -0.15) is 9.61 Å². The van der Waals surface area contributed by atoms with Crippen molar-refractivity contribution in [3.05, 3.63) is 28.5 Å². The molecule has 0 bridgehead atoms. The highest BCUT2D eigenvalue weighted by atomic mass is 79.9. The van der Waals surface area contributed by atoms with Crippen LogP contribution in [0.25, 0.3) is 15.5 Å². The van der Waals surface area contributed by atoms with Gasteiger partial charge in [0.15, 0.2) is 5.82 Å². The summed E-state index contributed by atoms with van der Waals surface area (Å²) >= 11 is 5.02. The van der Waals surface area contributed by atoms with Crippen LogP contribution in [0, 0.1) is 0 Å². The van der Waals surface area contributed by atoms with Crippen molar-refractivity contribution in [1.29, 1.82) is 0 Å². The van der Waals surface area contributed by atoms with Crippen LogP contribution in [0.3, 0.4) is 0 Å². The summed E-state index contributed by atoms with van der Waals surface area (Å²) in [7, 11) is 0. The second-order valence-corrected chi connectivity index (χ2v) is 7.19. The Morgan fingerprint density at radius 2 is 2.05 bits per heavy atom. The Morgan fingerprint density at radius 3 is 2.81 bits per heavy atom. The average molecular weight is 364 g/mol. The van der Waals surface area contributed by atoms with Crippen LogP contribution >= 0.6 is 27.3 Å². The third-order valence-corrected chi connectivity index (χ3v) is 5.62. The molecule has 2 aromatic heterocycles. The van der Waals surface area contributed by atoms with E-state index in [1.807, 2.05) is 22.7 Å². The molecule has 0 aliphatic heterocycles. The van der Waals surface area contributed by atoms with Gasteiger partial charge in [-0.3, -0.25) is 0 Å². The molecule has 0 atom stereocenters. The maximum Gasteiger partial charge on any atom is 0.234 e.